The molecular formula is C14H20N4O2. The number of hydrogen-bond donors (Lipinski definition) is 1. The first-order chi connectivity index (χ1) is 9.49. The number of rotatable bonds is 4. The van der Waals surface area contributed by atoms with Gasteiger partial charge < -0.3 is 15.5 Å². The van der Waals surface area contributed by atoms with Gasteiger partial charge in [-0.15, -0.1) is 0 Å². The number of carbonyl (C=O) groups is 2. The van der Waals surface area contributed by atoms with Crippen molar-refractivity contribution in [1.29, 1.82) is 0 Å². The molecule has 2 amide bonds. The summed E-state index contributed by atoms with van der Waals surface area (Å²) >= 11 is 0. The highest BCUT2D eigenvalue weighted by Crippen LogP contribution is 2.24. The normalized spacial score (nSPS) is 18.1. The Bertz CT molecular complexity index is 516. The van der Waals surface area contributed by atoms with Crippen LogP contribution in [0, 0.1) is 5.92 Å². The van der Waals surface area contributed by atoms with Gasteiger partial charge in [-0.3, -0.25) is 14.6 Å². The Morgan fingerprint density at radius 3 is 2.90 bits per heavy atom. The van der Waals surface area contributed by atoms with Crippen molar-refractivity contribution in [1.82, 2.24) is 9.88 Å². The van der Waals surface area contributed by atoms with Crippen molar-refractivity contribution >= 4 is 17.5 Å². The molecule has 2 N–H and O–H groups in total. The maximum absolute atomic E-state index is 12.5. The zero-order chi connectivity index (χ0) is 14.7. The average molecular weight is 276 g/mol. The lowest BCUT2D eigenvalue weighted by Gasteiger charge is -2.21. The summed E-state index contributed by atoms with van der Waals surface area (Å²) < 4.78 is 0. The summed E-state index contributed by atoms with van der Waals surface area (Å²) in [5.41, 5.74) is 6.65. The van der Waals surface area contributed by atoms with Gasteiger partial charge in [0, 0.05) is 46.0 Å². The molecule has 0 spiro atoms. The van der Waals surface area contributed by atoms with Gasteiger partial charge in [-0.1, -0.05) is 0 Å². The van der Waals surface area contributed by atoms with Gasteiger partial charge in [-0.2, -0.15) is 0 Å². The number of nitrogens with zero attached hydrogens (tertiary/aromatic N) is 3. The van der Waals surface area contributed by atoms with E-state index in [1.54, 1.807) is 17.3 Å². The van der Waals surface area contributed by atoms with E-state index in [1.165, 1.54) is 0 Å². The molecule has 1 aliphatic rings. The maximum Gasteiger partial charge on any atom is 0.257 e. The van der Waals surface area contributed by atoms with Gasteiger partial charge >= 0.3 is 0 Å². The largest absolute Gasteiger partial charge is 0.377 e. The molecule has 1 aromatic heterocycles. The van der Waals surface area contributed by atoms with Gasteiger partial charge in [-0.25, -0.2) is 0 Å². The number of aromatic nitrogens is 1. The number of likely N-dealkylation sites (tertiary alicyclic amines) is 1. The fourth-order valence-electron chi connectivity index (χ4n) is 2.58. The van der Waals surface area contributed by atoms with Gasteiger partial charge in [0.25, 0.3) is 5.91 Å². The van der Waals surface area contributed by atoms with Gasteiger partial charge in [0.05, 0.1) is 11.3 Å². The number of anilines is 1. The van der Waals surface area contributed by atoms with Crippen molar-refractivity contribution in [2.75, 3.05) is 32.1 Å². The Balaban J connectivity index is 2.11. The van der Waals surface area contributed by atoms with Crippen molar-refractivity contribution in [2.24, 2.45) is 11.7 Å². The van der Waals surface area contributed by atoms with E-state index in [2.05, 4.69) is 4.98 Å². The lowest BCUT2D eigenvalue weighted by Crippen LogP contribution is -2.30. The third-order valence-electron chi connectivity index (χ3n) is 3.57. The first-order valence-electron chi connectivity index (χ1n) is 6.68. The van der Waals surface area contributed by atoms with Crippen LogP contribution in [-0.4, -0.2) is 48.9 Å². The number of primary amides is 1. The highest BCUT2D eigenvalue weighted by molar-refractivity contribution is 5.99. The van der Waals surface area contributed by atoms with Crippen LogP contribution < -0.4 is 10.6 Å². The van der Waals surface area contributed by atoms with E-state index in [-0.39, 0.29) is 17.7 Å². The van der Waals surface area contributed by atoms with E-state index >= 15 is 0 Å². The first-order valence-corrected chi connectivity index (χ1v) is 6.68. The van der Waals surface area contributed by atoms with E-state index in [1.807, 2.05) is 25.1 Å². The topological polar surface area (TPSA) is 79.5 Å². The number of carbonyl (C=O) groups excluding carboxylic acids is 2. The summed E-state index contributed by atoms with van der Waals surface area (Å²) in [5, 5.41) is 0. The zero-order valence-corrected chi connectivity index (χ0v) is 11.9. The summed E-state index contributed by atoms with van der Waals surface area (Å²) in [7, 11) is 3.79. The van der Waals surface area contributed by atoms with Crippen LogP contribution in [0.25, 0.3) is 0 Å². The predicted octanol–water partition coefficient (Wildman–Crippen LogP) is 0.485. The smallest absolute Gasteiger partial charge is 0.257 e. The SMILES string of the molecule is CN(C)c1ccncc1C(=O)N1CCC(CC(N)=O)C1. The van der Waals surface area contributed by atoms with Crippen LogP contribution in [0.15, 0.2) is 18.5 Å². The summed E-state index contributed by atoms with van der Waals surface area (Å²) in [4.78, 5) is 31.2. The van der Waals surface area contributed by atoms with Crippen molar-refractivity contribution < 1.29 is 9.59 Å². The van der Waals surface area contributed by atoms with Gasteiger partial charge in [0.2, 0.25) is 5.91 Å². The second kappa shape index (κ2) is 5.90. The highest BCUT2D eigenvalue weighted by Gasteiger charge is 2.29. The second-order valence-electron chi connectivity index (χ2n) is 5.36. The highest BCUT2D eigenvalue weighted by atomic mass is 16.2. The molecule has 20 heavy (non-hydrogen) atoms. The van der Waals surface area contributed by atoms with Crippen LogP contribution in [0.4, 0.5) is 5.69 Å². The predicted molar refractivity (Wildman–Crippen MR) is 76.4 cm³/mol. The quantitative estimate of drug-likeness (QED) is 0.867. The molecule has 2 rings (SSSR count). The van der Waals surface area contributed by atoms with Crippen molar-refractivity contribution in [3.05, 3.63) is 24.0 Å². The maximum atomic E-state index is 12.5. The van der Waals surface area contributed by atoms with Crippen molar-refractivity contribution in [2.45, 2.75) is 12.8 Å². The van der Waals surface area contributed by atoms with Crippen LogP contribution >= 0.6 is 0 Å². The minimum Gasteiger partial charge on any atom is -0.377 e. The average Bonchev–Trinajstić information content (AvgIpc) is 2.85. The molecule has 1 aliphatic heterocycles. The lowest BCUT2D eigenvalue weighted by atomic mass is 10.1. The molecule has 2 heterocycles. The Morgan fingerprint density at radius 2 is 2.25 bits per heavy atom. The lowest BCUT2D eigenvalue weighted by molar-refractivity contribution is -0.118. The van der Waals surface area contributed by atoms with Gasteiger partial charge in [0.15, 0.2) is 0 Å². The molecular weight excluding hydrogens is 256 g/mol. The third kappa shape index (κ3) is 3.07. The summed E-state index contributed by atoms with van der Waals surface area (Å²) in [6.07, 6.45) is 4.44. The van der Waals surface area contributed by atoms with Crippen LogP contribution in [-0.2, 0) is 4.79 Å². The third-order valence-corrected chi connectivity index (χ3v) is 3.57. The standard InChI is InChI=1S/C14H20N4O2/c1-17(2)12-3-5-16-8-11(12)14(20)18-6-4-10(9-18)7-13(15)19/h3,5,8,10H,4,6-7,9H2,1-2H3,(H2,15,19). The number of pyridine rings is 1. The minimum absolute atomic E-state index is 0.0335. The molecule has 1 atom stereocenters. The van der Waals surface area contributed by atoms with Crippen molar-refractivity contribution in [3.8, 4) is 0 Å². The Hall–Kier alpha value is -2.11. The van der Waals surface area contributed by atoms with Crippen LogP contribution in [0.5, 0.6) is 0 Å². The van der Waals surface area contributed by atoms with E-state index in [0.717, 1.165) is 12.1 Å². The molecule has 6 nitrogen and oxygen atoms in total. The zero-order valence-electron chi connectivity index (χ0n) is 11.9. The van der Waals surface area contributed by atoms with E-state index in [0.29, 0.717) is 25.1 Å². The molecule has 0 aliphatic carbocycles. The fraction of sp³-hybridized carbons (Fsp3) is 0.500. The molecule has 1 saturated heterocycles. The van der Waals surface area contributed by atoms with Gasteiger partial charge in [0.1, 0.15) is 0 Å². The number of hydrogen-bond acceptors (Lipinski definition) is 4. The molecule has 1 fully saturated rings. The Morgan fingerprint density at radius 1 is 1.50 bits per heavy atom. The summed E-state index contributed by atoms with van der Waals surface area (Å²) in [6.45, 7) is 1.25. The molecule has 6 heteroatoms. The van der Waals surface area contributed by atoms with Crippen LogP contribution in [0.1, 0.15) is 23.2 Å². The van der Waals surface area contributed by atoms with Crippen LogP contribution in [0.3, 0.4) is 0 Å². The fourth-order valence-corrected chi connectivity index (χ4v) is 2.58. The number of amides is 2. The molecule has 0 radical (unpaired) electrons. The van der Waals surface area contributed by atoms with E-state index < -0.39 is 0 Å². The minimum atomic E-state index is -0.306. The summed E-state index contributed by atoms with van der Waals surface area (Å²) in [5.74, 6) is -0.163. The second-order valence-corrected chi connectivity index (χ2v) is 5.36. The summed E-state index contributed by atoms with van der Waals surface area (Å²) in [6, 6.07) is 1.82. The molecule has 0 bridgehead atoms. The Kier molecular flexibility index (Phi) is 4.22. The molecule has 108 valence electrons. The monoisotopic (exact) mass is 276 g/mol. The van der Waals surface area contributed by atoms with E-state index in [9.17, 15) is 9.59 Å². The van der Waals surface area contributed by atoms with Gasteiger partial charge in [-0.05, 0) is 18.4 Å². The molecule has 1 aromatic rings. The van der Waals surface area contributed by atoms with Crippen LogP contribution in [0.2, 0.25) is 0 Å². The molecule has 0 saturated carbocycles. The molecule has 1 unspecified atom stereocenters. The van der Waals surface area contributed by atoms with E-state index in [4.69, 9.17) is 5.73 Å². The Labute approximate surface area is 118 Å². The first kappa shape index (κ1) is 14.3. The molecule has 0 aromatic carbocycles. The van der Waals surface area contributed by atoms with Crippen molar-refractivity contribution in [3.63, 3.8) is 0 Å². The number of nitrogens with two attached hydrogens (primary N) is 1.